The van der Waals surface area contributed by atoms with Gasteiger partial charge in [0.15, 0.2) is 0 Å². The van der Waals surface area contributed by atoms with Crippen molar-refractivity contribution in [3.8, 4) is 0 Å². The summed E-state index contributed by atoms with van der Waals surface area (Å²) in [7, 11) is 0. The van der Waals surface area contributed by atoms with Crippen LogP contribution in [-0.4, -0.2) is 19.0 Å². The van der Waals surface area contributed by atoms with E-state index in [0.29, 0.717) is 18.3 Å². The first-order valence-corrected chi connectivity index (χ1v) is 7.88. The third kappa shape index (κ3) is 3.60. The molecule has 1 unspecified atom stereocenters. The summed E-state index contributed by atoms with van der Waals surface area (Å²) >= 11 is 0. The van der Waals surface area contributed by atoms with Gasteiger partial charge in [0.05, 0.1) is 6.04 Å². The molecule has 1 atom stereocenters. The summed E-state index contributed by atoms with van der Waals surface area (Å²) in [5.41, 5.74) is 1.26. The van der Waals surface area contributed by atoms with Crippen LogP contribution in [0.3, 0.4) is 0 Å². The highest BCUT2D eigenvalue weighted by atomic mass is 16.1. The zero-order valence-corrected chi connectivity index (χ0v) is 12.0. The third-order valence-electron chi connectivity index (χ3n) is 4.50. The van der Waals surface area contributed by atoms with Crippen LogP contribution in [0, 0.1) is 11.8 Å². The van der Waals surface area contributed by atoms with Gasteiger partial charge in [-0.15, -0.1) is 0 Å². The molecular weight excluding hydrogens is 248 g/mol. The number of amides is 1. The normalized spacial score (nSPS) is 21.4. The molecule has 1 aliphatic heterocycles. The minimum Gasteiger partial charge on any atom is -0.349 e. The molecule has 1 saturated heterocycles. The Hall–Kier alpha value is -1.35. The molecule has 0 bridgehead atoms. The maximum atomic E-state index is 12.3. The molecule has 1 aromatic carbocycles. The number of benzene rings is 1. The van der Waals surface area contributed by atoms with Crippen LogP contribution in [0.1, 0.15) is 43.7 Å². The van der Waals surface area contributed by atoms with Gasteiger partial charge >= 0.3 is 0 Å². The number of hydrogen-bond donors (Lipinski definition) is 2. The molecule has 108 valence electrons. The molecule has 1 aliphatic carbocycles. The Morgan fingerprint density at radius 3 is 2.50 bits per heavy atom. The molecule has 1 saturated carbocycles. The van der Waals surface area contributed by atoms with Crippen molar-refractivity contribution < 1.29 is 4.79 Å². The smallest absolute Gasteiger partial charge is 0.220 e. The van der Waals surface area contributed by atoms with E-state index in [1.165, 1.54) is 18.4 Å². The Morgan fingerprint density at radius 1 is 1.15 bits per heavy atom. The largest absolute Gasteiger partial charge is 0.349 e. The molecule has 3 heteroatoms. The summed E-state index contributed by atoms with van der Waals surface area (Å²) in [5.74, 6) is 1.44. The molecule has 20 heavy (non-hydrogen) atoms. The fourth-order valence-corrected chi connectivity index (χ4v) is 3.14. The standard InChI is InChI=1S/C17H24N2O/c20-16(12-13-8-10-18-11-9-13)19-17(15-6-7-15)14-4-2-1-3-5-14/h1-5,13,15,17-18H,6-12H2,(H,19,20). The predicted molar refractivity (Wildman–Crippen MR) is 80.3 cm³/mol. The average molecular weight is 272 g/mol. The first-order valence-electron chi connectivity index (χ1n) is 7.88. The van der Waals surface area contributed by atoms with Gasteiger partial charge in [-0.2, -0.15) is 0 Å². The Morgan fingerprint density at radius 2 is 1.85 bits per heavy atom. The van der Waals surface area contributed by atoms with Crippen molar-refractivity contribution in [2.24, 2.45) is 11.8 Å². The van der Waals surface area contributed by atoms with E-state index in [0.717, 1.165) is 25.9 Å². The highest BCUT2D eigenvalue weighted by molar-refractivity contribution is 5.76. The molecular formula is C17H24N2O. The van der Waals surface area contributed by atoms with Crippen LogP contribution in [0.15, 0.2) is 30.3 Å². The summed E-state index contributed by atoms with van der Waals surface area (Å²) in [4.78, 5) is 12.3. The van der Waals surface area contributed by atoms with E-state index in [4.69, 9.17) is 0 Å². The molecule has 1 aromatic rings. The first kappa shape index (κ1) is 13.6. The number of nitrogens with one attached hydrogen (secondary N) is 2. The highest BCUT2D eigenvalue weighted by Gasteiger charge is 2.33. The molecule has 0 radical (unpaired) electrons. The Bertz CT molecular complexity index is 436. The summed E-state index contributed by atoms with van der Waals surface area (Å²) in [5, 5.41) is 6.63. The highest BCUT2D eigenvalue weighted by Crippen LogP contribution is 2.41. The molecule has 1 heterocycles. The summed E-state index contributed by atoms with van der Waals surface area (Å²) in [6.07, 6.45) is 5.44. The number of carbonyl (C=O) groups excluding carboxylic acids is 1. The van der Waals surface area contributed by atoms with Crippen LogP contribution in [-0.2, 0) is 4.79 Å². The van der Waals surface area contributed by atoms with Crippen molar-refractivity contribution in [3.05, 3.63) is 35.9 Å². The zero-order chi connectivity index (χ0) is 13.8. The minimum atomic E-state index is 0.227. The lowest BCUT2D eigenvalue weighted by atomic mass is 9.93. The molecule has 2 fully saturated rings. The van der Waals surface area contributed by atoms with Crippen LogP contribution < -0.4 is 10.6 Å². The van der Waals surface area contributed by atoms with Crippen molar-refractivity contribution in [2.45, 2.75) is 38.1 Å². The van der Waals surface area contributed by atoms with Crippen LogP contribution in [0.25, 0.3) is 0 Å². The van der Waals surface area contributed by atoms with Crippen LogP contribution in [0.2, 0.25) is 0 Å². The van der Waals surface area contributed by atoms with Crippen LogP contribution in [0.4, 0.5) is 0 Å². The Labute approximate surface area is 121 Å². The van der Waals surface area contributed by atoms with Gasteiger partial charge in [0.2, 0.25) is 5.91 Å². The molecule has 2 aliphatic rings. The van der Waals surface area contributed by atoms with Crippen molar-refractivity contribution in [3.63, 3.8) is 0 Å². The lowest BCUT2D eigenvalue weighted by Crippen LogP contribution is -2.34. The summed E-state index contributed by atoms with van der Waals surface area (Å²) < 4.78 is 0. The van der Waals surface area contributed by atoms with Gasteiger partial charge in [-0.1, -0.05) is 30.3 Å². The number of hydrogen-bond acceptors (Lipinski definition) is 2. The molecule has 1 amide bonds. The maximum absolute atomic E-state index is 12.3. The van der Waals surface area contributed by atoms with E-state index < -0.39 is 0 Å². The predicted octanol–water partition coefficient (Wildman–Crippen LogP) is 2.64. The fourth-order valence-electron chi connectivity index (χ4n) is 3.14. The maximum Gasteiger partial charge on any atom is 0.220 e. The first-order chi connectivity index (χ1) is 9.83. The van der Waals surface area contributed by atoms with Gasteiger partial charge in [0.25, 0.3) is 0 Å². The zero-order valence-electron chi connectivity index (χ0n) is 12.0. The minimum absolute atomic E-state index is 0.227. The molecule has 3 rings (SSSR count). The SMILES string of the molecule is O=C(CC1CCNCC1)NC(c1ccccc1)C1CC1. The van der Waals surface area contributed by atoms with Gasteiger partial charge < -0.3 is 10.6 Å². The Balaban J connectivity index is 1.57. The summed E-state index contributed by atoms with van der Waals surface area (Å²) in [6, 6.07) is 10.6. The topological polar surface area (TPSA) is 41.1 Å². The monoisotopic (exact) mass is 272 g/mol. The van der Waals surface area contributed by atoms with Gasteiger partial charge in [-0.05, 0) is 56.2 Å². The van der Waals surface area contributed by atoms with Crippen molar-refractivity contribution in [1.82, 2.24) is 10.6 Å². The van der Waals surface area contributed by atoms with Gasteiger partial charge in [0.1, 0.15) is 0 Å². The Kier molecular flexibility index (Phi) is 4.36. The molecule has 2 N–H and O–H groups in total. The van der Waals surface area contributed by atoms with Gasteiger partial charge in [-0.25, -0.2) is 0 Å². The van der Waals surface area contributed by atoms with Crippen LogP contribution in [0.5, 0.6) is 0 Å². The van der Waals surface area contributed by atoms with Crippen molar-refractivity contribution >= 4 is 5.91 Å². The van der Waals surface area contributed by atoms with Crippen LogP contribution >= 0.6 is 0 Å². The van der Waals surface area contributed by atoms with Gasteiger partial charge in [-0.3, -0.25) is 4.79 Å². The van der Waals surface area contributed by atoms with Gasteiger partial charge in [0, 0.05) is 6.42 Å². The van der Waals surface area contributed by atoms with E-state index in [-0.39, 0.29) is 11.9 Å². The average Bonchev–Trinajstić information content (AvgIpc) is 3.31. The third-order valence-corrected chi connectivity index (χ3v) is 4.50. The van der Waals surface area contributed by atoms with E-state index in [9.17, 15) is 4.79 Å². The number of rotatable bonds is 5. The van der Waals surface area contributed by atoms with E-state index in [1.54, 1.807) is 0 Å². The quantitative estimate of drug-likeness (QED) is 0.865. The number of carbonyl (C=O) groups is 1. The molecule has 0 aromatic heterocycles. The molecule has 0 spiro atoms. The fraction of sp³-hybridized carbons (Fsp3) is 0.588. The van der Waals surface area contributed by atoms with E-state index >= 15 is 0 Å². The second kappa shape index (κ2) is 6.40. The van der Waals surface area contributed by atoms with Crippen molar-refractivity contribution in [2.75, 3.05) is 13.1 Å². The second-order valence-electron chi connectivity index (χ2n) is 6.19. The van der Waals surface area contributed by atoms with E-state index in [2.05, 4.69) is 34.9 Å². The summed E-state index contributed by atoms with van der Waals surface area (Å²) in [6.45, 7) is 2.12. The van der Waals surface area contributed by atoms with E-state index in [1.807, 2.05) is 6.07 Å². The van der Waals surface area contributed by atoms with Crippen molar-refractivity contribution in [1.29, 1.82) is 0 Å². The second-order valence-corrected chi connectivity index (χ2v) is 6.19. The molecule has 3 nitrogen and oxygen atoms in total. The lowest BCUT2D eigenvalue weighted by Gasteiger charge is -2.24. The number of piperidine rings is 1. The lowest BCUT2D eigenvalue weighted by molar-refractivity contribution is -0.123.